The van der Waals surface area contributed by atoms with E-state index in [9.17, 15) is 9.59 Å². The topological polar surface area (TPSA) is 67.2 Å². The lowest BCUT2D eigenvalue weighted by atomic mass is 9.95. The molecule has 1 aliphatic rings. The lowest BCUT2D eigenvalue weighted by molar-refractivity contribution is -0.121. The molecule has 1 aromatic heterocycles. The van der Waals surface area contributed by atoms with Crippen LogP contribution in [0.4, 0.5) is 5.82 Å². The van der Waals surface area contributed by atoms with Crippen LogP contribution in [0.15, 0.2) is 78.9 Å². The molecule has 0 aliphatic carbocycles. The van der Waals surface area contributed by atoms with Gasteiger partial charge in [-0.25, -0.2) is 4.68 Å². The molecule has 1 saturated heterocycles. The molecule has 5 rings (SSSR count). The maximum Gasteiger partial charge on any atom is 0.254 e. The molecule has 172 valence electrons. The predicted molar refractivity (Wildman–Crippen MR) is 134 cm³/mol. The van der Waals surface area contributed by atoms with Crippen LogP contribution in [-0.2, 0) is 11.3 Å². The van der Waals surface area contributed by atoms with E-state index in [1.807, 2.05) is 95.4 Å². The molecule has 0 radical (unpaired) electrons. The van der Waals surface area contributed by atoms with Gasteiger partial charge < -0.3 is 10.2 Å². The van der Waals surface area contributed by atoms with Gasteiger partial charge in [0.05, 0.1) is 12.2 Å². The first kappa shape index (κ1) is 21.9. The molecular weight excluding hydrogens is 424 g/mol. The standard InChI is InChI=1S/C28H28N4O2/c1-20-18-26(32(30-20)19-21-8-3-2-4-9-21)29-27(33)23-14-16-31(17-15-23)28(34)25-13-7-11-22-10-5-6-12-24(22)25/h2-13,18,23H,14-17,19H2,1H3,(H,29,33). The summed E-state index contributed by atoms with van der Waals surface area (Å²) < 4.78 is 1.84. The van der Waals surface area contributed by atoms with Crippen LogP contribution in [0.25, 0.3) is 10.8 Å². The van der Waals surface area contributed by atoms with E-state index >= 15 is 0 Å². The summed E-state index contributed by atoms with van der Waals surface area (Å²) >= 11 is 0. The smallest absolute Gasteiger partial charge is 0.254 e. The Balaban J connectivity index is 1.22. The lowest BCUT2D eigenvalue weighted by Gasteiger charge is -2.31. The number of aromatic nitrogens is 2. The third-order valence-corrected chi connectivity index (χ3v) is 6.50. The number of rotatable bonds is 5. The quantitative estimate of drug-likeness (QED) is 0.469. The van der Waals surface area contributed by atoms with Crippen molar-refractivity contribution in [1.82, 2.24) is 14.7 Å². The second kappa shape index (κ2) is 9.51. The monoisotopic (exact) mass is 452 g/mol. The Morgan fingerprint density at radius 2 is 1.65 bits per heavy atom. The number of hydrogen-bond acceptors (Lipinski definition) is 3. The fourth-order valence-corrected chi connectivity index (χ4v) is 4.68. The molecule has 2 heterocycles. The Bertz CT molecular complexity index is 1320. The van der Waals surface area contributed by atoms with Crippen LogP contribution in [0.1, 0.15) is 34.5 Å². The van der Waals surface area contributed by atoms with E-state index in [2.05, 4.69) is 10.4 Å². The number of carbonyl (C=O) groups is 2. The number of amides is 2. The summed E-state index contributed by atoms with van der Waals surface area (Å²) in [6, 6.07) is 25.8. The highest BCUT2D eigenvalue weighted by Gasteiger charge is 2.29. The summed E-state index contributed by atoms with van der Waals surface area (Å²) in [5, 5.41) is 9.66. The van der Waals surface area contributed by atoms with Crippen LogP contribution >= 0.6 is 0 Å². The van der Waals surface area contributed by atoms with E-state index in [1.165, 1.54) is 0 Å². The van der Waals surface area contributed by atoms with Gasteiger partial charge in [0.25, 0.3) is 5.91 Å². The maximum absolute atomic E-state index is 13.2. The summed E-state index contributed by atoms with van der Waals surface area (Å²) in [6.07, 6.45) is 1.29. The number of hydrogen-bond donors (Lipinski definition) is 1. The van der Waals surface area contributed by atoms with Crippen LogP contribution in [0.2, 0.25) is 0 Å². The number of nitrogens with zero attached hydrogens (tertiary/aromatic N) is 3. The second-order valence-corrected chi connectivity index (χ2v) is 8.90. The van der Waals surface area contributed by atoms with Crippen molar-refractivity contribution in [3.05, 3.63) is 95.7 Å². The summed E-state index contributed by atoms with van der Waals surface area (Å²) in [5.41, 5.74) is 2.71. The Kier molecular flexibility index (Phi) is 6.12. The van der Waals surface area contributed by atoms with E-state index < -0.39 is 0 Å². The van der Waals surface area contributed by atoms with Crippen LogP contribution in [0, 0.1) is 12.8 Å². The minimum atomic E-state index is -0.128. The zero-order valence-corrected chi connectivity index (χ0v) is 19.3. The molecule has 3 aromatic carbocycles. The molecule has 6 heteroatoms. The Labute approximate surface area is 199 Å². The highest BCUT2D eigenvalue weighted by molar-refractivity contribution is 6.07. The van der Waals surface area contributed by atoms with Gasteiger partial charge in [0.15, 0.2) is 0 Å². The second-order valence-electron chi connectivity index (χ2n) is 8.90. The van der Waals surface area contributed by atoms with Crippen molar-refractivity contribution in [1.29, 1.82) is 0 Å². The fourth-order valence-electron chi connectivity index (χ4n) is 4.68. The highest BCUT2D eigenvalue weighted by Crippen LogP contribution is 2.25. The number of nitrogens with one attached hydrogen (secondary N) is 1. The third kappa shape index (κ3) is 4.57. The van der Waals surface area contributed by atoms with E-state index in [1.54, 1.807) is 0 Å². The number of carbonyl (C=O) groups excluding carboxylic acids is 2. The summed E-state index contributed by atoms with van der Waals surface area (Å²) in [5.74, 6) is 0.608. The number of aryl methyl sites for hydroxylation is 1. The molecule has 0 spiro atoms. The van der Waals surface area contributed by atoms with Gasteiger partial charge in [-0.15, -0.1) is 0 Å². The summed E-state index contributed by atoms with van der Waals surface area (Å²) in [4.78, 5) is 28.1. The largest absolute Gasteiger partial charge is 0.339 e. The zero-order chi connectivity index (χ0) is 23.5. The zero-order valence-electron chi connectivity index (χ0n) is 19.3. The average Bonchev–Trinajstić information content (AvgIpc) is 3.22. The van der Waals surface area contributed by atoms with Crippen molar-refractivity contribution < 1.29 is 9.59 Å². The van der Waals surface area contributed by atoms with Crippen molar-refractivity contribution >= 4 is 28.4 Å². The minimum absolute atomic E-state index is 0.00790. The molecule has 0 unspecified atom stereocenters. The molecular formula is C28H28N4O2. The van der Waals surface area contributed by atoms with Crippen LogP contribution in [-0.4, -0.2) is 39.6 Å². The summed E-state index contributed by atoms with van der Waals surface area (Å²) in [7, 11) is 0. The van der Waals surface area contributed by atoms with Crippen molar-refractivity contribution in [3.8, 4) is 0 Å². The Morgan fingerprint density at radius 3 is 2.44 bits per heavy atom. The van der Waals surface area contributed by atoms with E-state index in [-0.39, 0.29) is 17.7 Å². The van der Waals surface area contributed by atoms with Gasteiger partial charge in [-0.05, 0) is 42.2 Å². The number of piperidine rings is 1. The molecule has 34 heavy (non-hydrogen) atoms. The molecule has 0 saturated carbocycles. The normalized spacial score (nSPS) is 14.3. The van der Waals surface area contributed by atoms with Gasteiger partial charge in [-0.1, -0.05) is 66.7 Å². The van der Waals surface area contributed by atoms with E-state index in [0.717, 1.165) is 27.6 Å². The predicted octanol–water partition coefficient (Wildman–Crippen LogP) is 4.88. The average molecular weight is 453 g/mol. The van der Waals surface area contributed by atoms with Crippen molar-refractivity contribution in [2.45, 2.75) is 26.3 Å². The van der Waals surface area contributed by atoms with Gasteiger partial charge in [-0.2, -0.15) is 5.10 Å². The molecule has 0 atom stereocenters. The number of fused-ring (bicyclic) bond motifs is 1. The van der Waals surface area contributed by atoms with Gasteiger partial charge >= 0.3 is 0 Å². The highest BCUT2D eigenvalue weighted by atomic mass is 16.2. The van der Waals surface area contributed by atoms with Crippen molar-refractivity contribution in [3.63, 3.8) is 0 Å². The van der Waals surface area contributed by atoms with Gasteiger partial charge in [0.1, 0.15) is 5.82 Å². The maximum atomic E-state index is 13.2. The number of likely N-dealkylation sites (tertiary alicyclic amines) is 1. The first-order valence-corrected chi connectivity index (χ1v) is 11.7. The van der Waals surface area contributed by atoms with Crippen LogP contribution in [0.5, 0.6) is 0 Å². The van der Waals surface area contributed by atoms with E-state index in [0.29, 0.717) is 38.3 Å². The van der Waals surface area contributed by atoms with Crippen LogP contribution < -0.4 is 5.32 Å². The molecule has 4 aromatic rings. The van der Waals surface area contributed by atoms with Gasteiger partial charge in [0.2, 0.25) is 5.91 Å². The number of anilines is 1. The third-order valence-electron chi connectivity index (χ3n) is 6.50. The van der Waals surface area contributed by atoms with E-state index in [4.69, 9.17) is 0 Å². The van der Waals surface area contributed by atoms with Crippen LogP contribution in [0.3, 0.4) is 0 Å². The summed E-state index contributed by atoms with van der Waals surface area (Å²) in [6.45, 7) is 3.67. The van der Waals surface area contributed by atoms with Crippen molar-refractivity contribution in [2.24, 2.45) is 5.92 Å². The minimum Gasteiger partial charge on any atom is -0.339 e. The molecule has 0 bridgehead atoms. The van der Waals surface area contributed by atoms with Gasteiger partial charge in [-0.3, -0.25) is 9.59 Å². The molecule has 1 aliphatic heterocycles. The number of benzene rings is 3. The van der Waals surface area contributed by atoms with Gasteiger partial charge in [0, 0.05) is 30.6 Å². The first-order chi connectivity index (χ1) is 16.6. The fraction of sp³-hybridized carbons (Fsp3) is 0.250. The SMILES string of the molecule is Cc1cc(NC(=O)C2CCN(C(=O)c3cccc4ccccc34)CC2)n(Cc2ccccc2)n1. The lowest BCUT2D eigenvalue weighted by Crippen LogP contribution is -2.41. The molecule has 1 N–H and O–H groups in total. The molecule has 1 fully saturated rings. The van der Waals surface area contributed by atoms with Crippen molar-refractivity contribution in [2.75, 3.05) is 18.4 Å². The first-order valence-electron chi connectivity index (χ1n) is 11.7. The molecule has 6 nitrogen and oxygen atoms in total. The Morgan fingerprint density at radius 1 is 0.941 bits per heavy atom. The Hall–Kier alpha value is -3.93. The molecule has 2 amide bonds.